The molecule has 0 unspecified atom stereocenters. The van der Waals surface area contributed by atoms with Gasteiger partial charge in [-0.2, -0.15) is 0 Å². The van der Waals surface area contributed by atoms with Gasteiger partial charge in [0.05, 0.1) is 6.61 Å². The first kappa shape index (κ1) is 11.4. The van der Waals surface area contributed by atoms with Crippen molar-refractivity contribution >= 4 is 16.9 Å². The Hall–Kier alpha value is -2.10. The Labute approximate surface area is 98.0 Å². The van der Waals surface area contributed by atoms with Crippen LogP contribution in [0.15, 0.2) is 36.4 Å². The number of hydrogen-bond acceptors (Lipinski definition) is 2. The highest BCUT2D eigenvalue weighted by atomic mass is 19.1. The summed E-state index contributed by atoms with van der Waals surface area (Å²) in [4.78, 5) is 10.4. The van der Waals surface area contributed by atoms with E-state index in [4.69, 9.17) is 5.73 Å². The first-order valence-electron chi connectivity index (χ1n) is 5.26. The molecular formula is C13H12FNO2. The van der Waals surface area contributed by atoms with Crippen LogP contribution in [0.25, 0.3) is 10.8 Å². The summed E-state index contributed by atoms with van der Waals surface area (Å²) in [5.74, 6) is -0.250. The summed E-state index contributed by atoms with van der Waals surface area (Å²) in [7, 11) is 0. The molecule has 0 aromatic heterocycles. The van der Waals surface area contributed by atoms with Crippen LogP contribution in [0.3, 0.4) is 0 Å². The molecule has 2 N–H and O–H groups in total. The summed E-state index contributed by atoms with van der Waals surface area (Å²) >= 11 is 0. The van der Waals surface area contributed by atoms with Crippen molar-refractivity contribution in [3.05, 3.63) is 47.8 Å². The van der Waals surface area contributed by atoms with Gasteiger partial charge >= 0.3 is 6.09 Å². The lowest BCUT2D eigenvalue weighted by Crippen LogP contribution is -2.14. The number of nitrogens with two attached hydrogens (primary N) is 1. The second-order valence-electron chi connectivity index (χ2n) is 3.71. The molecule has 88 valence electrons. The Bertz CT molecular complexity index is 554. The Morgan fingerprint density at radius 3 is 2.88 bits per heavy atom. The van der Waals surface area contributed by atoms with E-state index in [0.717, 1.165) is 10.9 Å². The van der Waals surface area contributed by atoms with E-state index in [1.807, 2.05) is 18.2 Å². The average molecular weight is 233 g/mol. The lowest BCUT2D eigenvalue weighted by molar-refractivity contribution is 0.158. The van der Waals surface area contributed by atoms with Crippen LogP contribution in [0.1, 0.15) is 5.56 Å². The Balaban J connectivity index is 2.19. The van der Waals surface area contributed by atoms with Crippen LogP contribution in [-0.4, -0.2) is 12.7 Å². The number of carbonyl (C=O) groups excluding carboxylic acids is 1. The third-order valence-corrected chi connectivity index (χ3v) is 2.53. The van der Waals surface area contributed by atoms with Crippen molar-refractivity contribution in [2.45, 2.75) is 6.42 Å². The van der Waals surface area contributed by atoms with Gasteiger partial charge in [-0.25, -0.2) is 9.18 Å². The van der Waals surface area contributed by atoms with Gasteiger partial charge in [-0.1, -0.05) is 24.3 Å². The Morgan fingerprint density at radius 2 is 2.12 bits per heavy atom. The third kappa shape index (κ3) is 2.72. The van der Waals surface area contributed by atoms with Gasteiger partial charge < -0.3 is 10.5 Å². The van der Waals surface area contributed by atoms with Crippen LogP contribution >= 0.6 is 0 Å². The van der Waals surface area contributed by atoms with Gasteiger partial charge in [0.25, 0.3) is 0 Å². The number of fused-ring (bicyclic) bond motifs is 1. The van der Waals surface area contributed by atoms with Crippen molar-refractivity contribution in [3.63, 3.8) is 0 Å². The van der Waals surface area contributed by atoms with E-state index < -0.39 is 6.09 Å². The molecule has 0 bridgehead atoms. The number of amides is 1. The molecule has 0 saturated carbocycles. The van der Waals surface area contributed by atoms with Gasteiger partial charge in [-0.15, -0.1) is 0 Å². The fourth-order valence-corrected chi connectivity index (χ4v) is 1.71. The zero-order valence-corrected chi connectivity index (χ0v) is 9.15. The molecule has 0 aliphatic carbocycles. The molecule has 17 heavy (non-hydrogen) atoms. The number of halogens is 1. The molecular weight excluding hydrogens is 221 g/mol. The van der Waals surface area contributed by atoms with Crippen molar-refractivity contribution in [2.24, 2.45) is 5.73 Å². The highest BCUT2D eigenvalue weighted by Gasteiger charge is 2.02. The standard InChI is InChI=1S/C13H12FNO2/c14-12-3-1-2-10-5-4-9(8-11(10)12)6-7-17-13(15)16/h1-5,8H,6-7H2,(H2,15,16). The van der Waals surface area contributed by atoms with Gasteiger partial charge in [0.2, 0.25) is 0 Å². The quantitative estimate of drug-likeness (QED) is 0.885. The molecule has 0 fully saturated rings. The van der Waals surface area contributed by atoms with Crippen molar-refractivity contribution in [3.8, 4) is 0 Å². The van der Waals surface area contributed by atoms with Gasteiger partial charge in [0.1, 0.15) is 5.82 Å². The maximum Gasteiger partial charge on any atom is 0.404 e. The number of rotatable bonds is 3. The normalized spacial score (nSPS) is 10.4. The van der Waals surface area contributed by atoms with Gasteiger partial charge in [-0.05, 0) is 23.1 Å². The molecule has 0 radical (unpaired) electrons. The minimum atomic E-state index is -0.794. The molecule has 2 aromatic rings. The van der Waals surface area contributed by atoms with Crippen molar-refractivity contribution in [2.75, 3.05) is 6.61 Å². The smallest absolute Gasteiger partial charge is 0.404 e. The minimum Gasteiger partial charge on any atom is -0.449 e. The molecule has 0 atom stereocenters. The van der Waals surface area contributed by atoms with Crippen molar-refractivity contribution < 1.29 is 13.9 Å². The highest BCUT2D eigenvalue weighted by Crippen LogP contribution is 2.19. The number of hydrogen-bond donors (Lipinski definition) is 1. The van der Waals surface area contributed by atoms with Gasteiger partial charge in [0, 0.05) is 11.8 Å². The summed E-state index contributed by atoms with van der Waals surface area (Å²) in [6.45, 7) is 0.204. The van der Waals surface area contributed by atoms with Crippen LogP contribution in [0.4, 0.5) is 9.18 Å². The predicted octanol–water partition coefficient (Wildman–Crippen LogP) is 2.62. The lowest BCUT2D eigenvalue weighted by Gasteiger charge is -2.04. The fourth-order valence-electron chi connectivity index (χ4n) is 1.71. The van der Waals surface area contributed by atoms with Gasteiger partial charge in [-0.3, -0.25) is 0 Å². The summed E-state index contributed by atoms with van der Waals surface area (Å²) in [6.07, 6.45) is -0.273. The van der Waals surface area contributed by atoms with E-state index in [1.165, 1.54) is 6.07 Å². The average Bonchev–Trinajstić information content (AvgIpc) is 2.30. The summed E-state index contributed by atoms with van der Waals surface area (Å²) in [6, 6.07) is 10.4. The molecule has 3 nitrogen and oxygen atoms in total. The second kappa shape index (κ2) is 4.82. The fraction of sp³-hybridized carbons (Fsp3) is 0.154. The Kier molecular flexibility index (Phi) is 3.23. The number of carbonyl (C=O) groups is 1. The van der Waals surface area contributed by atoms with Crippen LogP contribution < -0.4 is 5.73 Å². The second-order valence-corrected chi connectivity index (χ2v) is 3.71. The van der Waals surface area contributed by atoms with E-state index >= 15 is 0 Å². The predicted molar refractivity (Wildman–Crippen MR) is 63.1 cm³/mol. The summed E-state index contributed by atoms with van der Waals surface area (Å²) in [5, 5.41) is 1.42. The van der Waals surface area contributed by atoms with Crippen LogP contribution in [0.2, 0.25) is 0 Å². The van der Waals surface area contributed by atoms with E-state index in [-0.39, 0.29) is 12.4 Å². The van der Waals surface area contributed by atoms with E-state index in [9.17, 15) is 9.18 Å². The molecule has 0 aliphatic rings. The molecule has 0 heterocycles. The Morgan fingerprint density at radius 1 is 1.29 bits per heavy atom. The highest BCUT2D eigenvalue weighted by molar-refractivity contribution is 5.83. The first-order valence-corrected chi connectivity index (χ1v) is 5.26. The largest absolute Gasteiger partial charge is 0.449 e. The van der Waals surface area contributed by atoms with Crippen molar-refractivity contribution in [1.29, 1.82) is 0 Å². The number of benzene rings is 2. The molecule has 4 heteroatoms. The van der Waals surface area contributed by atoms with Gasteiger partial charge in [0.15, 0.2) is 0 Å². The number of ether oxygens (including phenoxy) is 1. The third-order valence-electron chi connectivity index (χ3n) is 2.53. The van der Waals surface area contributed by atoms with E-state index in [0.29, 0.717) is 11.8 Å². The molecule has 0 aliphatic heterocycles. The molecule has 2 aromatic carbocycles. The van der Waals surface area contributed by atoms with Crippen LogP contribution in [0.5, 0.6) is 0 Å². The molecule has 0 spiro atoms. The topological polar surface area (TPSA) is 52.3 Å². The molecule has 2 rings (SSSR count). The molecule has 1 amide bonds. The van der Waals surface area contributed by atoms with E-state index in [1.54, 1.807) is 12.1 Å². The minimum absolute atomic E-state index is 0.204. The maximum absolute atomic E-state index is 13.5. The lowest BCUT2D eigenvalue weighted by atomic mass is 10.1. The van der Waals surface area contributed by atoms with Crippen molar-refractivity contribution in [1.82, 2.24) is 0 Å². The SMILES string of the molecule is NC(=O)OCCc1ccc2cccc(F)c2c1. The molecule has 0 saturated heterocycles. The van der Waals surface area contributed by atoms with Crippen LogP contribution in [0, 0.1) is 5.82 Å². The zero-order chi connectivity index (χ0) is 12.3. The summed E-state index contributed by atoms with van der Waals surface area (Å²) in [5.41, 5.74) is 5.76. The maximum atomic E-state index is 13.5. The number of primary amides is 1. The first-order chi connectivity index (χ1) is 8.16. The summed E-state index contributed by atoms with van der Waals surface area (Å²) < 4.78 is 18.1. The monoisotopic (exact) mass is 233 g/mol. The zero-order valence-electron chi connectivity index (χ0n) is 9.15. The van der Waals surface area contributed by atoms with Crippen LogP contribution in [-0.2, 0) is 11.2 Å². The van der Waals surface area contributed by atoms with E-state index in [2.05, 4.69) is 4.74 Å².